The van der Waals surface area contributed by atoms with E-state index < -0.39 is 6.10 Å². The molecule has 0 bridgehead atoms. The molecule has 0 radical (unpaired) electrons. The van der Waals surface area contributed by atoms with Crippen LogP contribution in [0.1, 0.15) is 53.4 Å². The van der Waals surface area contributed by atoms with E-state index in [0.29, 0.717) is 12.8 Å². The number of Topliss-reactive ketones (excluding diaryl/α,β-unsaturated/α-hetero) is 1. The SMILES string of the molecule is CCCCC(=O)C[C@H](O)C(C)(C)C. The lowest BCUT2D eigenvalue weighted by Crippen LogP contribution is -2.28. The van der Waals surface area contributed by atoms with Crippen molar-refractivity contribution in [2.45, 2.75) is 59.5 Å². The lowest BCUT2D eigenvalue weighted by atomic mass is 9.86. The zero-order valence-corrected chi connectivity index (χ0v) is 9.26. The Morgan fingerprint density at radius 2 is 1.92 bits per heavy atom. The lowest BCUT2D eigenvalue weighted by molar-refractivity contribution is -0.122. The maximum Gasteiger partial charge on any atom is 0.135 e. The van der Waals surface area contributed by atoms with Crippen LogP contribution >= 0.6 is 0 Å². The zero-order valence-electron chi connectivity index (χ0n) is 9.26. The van der Waals surface area contributed by atoms with Gasteiger partial charge in [-0.3, -0.25) is 4.79 Å². The van der Waals surface area contributed by atoms with Crippen molar-refractivity contribution in [2.75, 3.05) is 0 Å². The molecule has 0 saturated heterocycles. The van der Waals surface area contributed by atoms with Gasteiger partial charge in [0.05, 0.1) is 6.10 Å². The molecule has 0 rings (SSSR count). The van der Waals surface area contributed by atoms with Crippen molar-refractivity contribution in [2.24, 2.45) is 5.41 Å². The van der Waals surface area contributed by atoms with Crippen molar-refractivity contribution in [3.63, 3.8) is 0 Å². The van der Waals surface area contributed by atoms with Gasteiger partial charge in [-0.15, -0.1) is 0 Å². The number of aliphatic hydroxyl groups excluding tert-OH is 1. The summed E-state index contributed by atoms with van der Waals surface area (Å²) in [6.07, 6.45) is 2.40. The third-order valence-electron chi connectivity index (χ3n) is 2.23. The normalized spacial score (nSPS) is 14.2. The van der Waals surface area contributed by atoms with Gasteiger partial charge in [0.2, 0.25) is 0 Å². The summed E-state index contributed by atoms with van der Waals surface area (Å²) in [5.41, 5.74) is -0.179. The molecule has 78 valence electrons. The van der Waals surface area contributed by atoms with E-state index in [1.165, 1.54) is 0 Å². The van der Waals surface area contributed by atoms with E-state index in [0.717, 1.165) is 12.8 Å². The van der Waals surface area contributed by atoms with Crippen LogP contribution in [-0.2, 0) is 4.79 Å². The van der Waals surface area contributed by atoms with Gasteiger partial charge in [0.15, 0.2) is 0 Å². The quantitative estimate of drug-likeness (QED) is 0.716. The number of aliphatic hydroxyl groups is 1. The van der Waals surface area contributed by atoms with E-state index in [1.807, 2.05) is 20.8 Å². The highest BCUT2D eigenvalue weighted by Crippen LogP contribution is 2.22. The van der Waals surface area contributed by atoms with Gasteiger partial charge in [-0.25, -0.2) is 0 Å². The Hall–Kier alpha value is -0.370. The fraction of sp³-hybridized carbons (Fsp3) is 0.909. The summed E-state index contributed by atoms with van der Waals surface area (Å²) in [4.78, 5) is 11.3. The summed E-state index contributed by atoms with van der Waals surface area (Å²) in [6, 6.07) is 0. The molecule has 0 heterocycles. The molecule has 0 aliphatic rings. The summed E-state index contributed by atoms with van der Waals surface area (Å²) >= 11 is 0. The average molecular weight is 186 g/mol. The minimum absolute atomic E-state index is 0.179. The van der Waals surface area contributed by atoms with Crippen molar-refractivity contribution in [3.8, 4) is 0 Å². The summed E-state index contributed by atoms with van der Waals surface area (Å²) < 4.78 is 0. The lowest BCUT2D eigenvalue weighted by Gasteiger charge is -2.25. The number of carbonyl (C=O) groups is 1. The van der Waals surface area contributed by atoms with Gasteiger partial charge in [-0.1, -0.05) is 34.1 Å². The Bertz CT molecular complexity index is 156. The number of ketones is 1. The molecule has 0 spiro atoms. The second kappa shape index (κ2) is 5.38. The molecule has 13 heavy (non-hydrogen) atoms. The Morgan fingerprint density at radius 3 is 2.31 bits per heavy atom. The predicted octanol–water partition coefficient (Wildman–Crippen LogP) is 2.54. The fourth-order valence-corrected chi connectivity index (χ4v) is 0.998. The smallest absolute Gasteiger partial charge is 0.135 e. The third-order valence-corrected chi connectivity index (χ3v) is 2.23. The molecule has 0 saturated carbocycles. The van der Waals surface area contributed by atoms with Crippen LogP contribution in [0.2, 0.25) is 0 Å². The van der Waals surface area contributed by atoms with Crippen molar-refractivity contribution < 1.29 is 9.90 Å². The predicted molar refractivity (Wildman–Crippen MR) is 54.6 cm³/mol. The molecule has 0 aliphatic heterocycles. The molecular formula is C11H22O2. The highest BCUT2D eigenvalue weighted by atomic mass is 16.3. The standard InChI is InChI=1S/C11H22O2/c1-5-6-7-9(12)8-10(13)11(2,3)4/h10,13H,5-8H2,1-4H3/t10-/m0/s1. The Labute approximate surface area is 81.3 Å². The first-order valence-electron chi connectivity index (χ1n) is 5.07. The largest absolute Gasteiger partial charge is 0.392 e. The second-order valence-electron chi connectivity index (χ2n) is 4.73. The minimum Gasteiger partial charge on any atom is -0.392 e. The molecule has 0 unspecified atom stereocenters. The van der Waals surface area contributed by atoms with Crippen LogP contribution in [0, 0.1) is 5.41 Å². The second-order valence-corrected chi connectivity index (χ2v) is 4.73. The minimum atomic E-state index is -0.503. The van der Waals surface area contributed by atoms with Crippen LogP contribution in [0.5, 0.6) is 0 Å². The van der Waals surface area contributed by atoms with Gasteiger partial charge in [0, 0.05) is 12.8 Å². The van der Waals surface area contributed by atoms with Crippen molar-refractivity contribution in [1.29, 1.82) is 0 Å². The maximum absolute atomic E-state index is 11.3. The first kappa shape index (κ1) is 12.6. The van der Waals surface area contributed by atoms with E-state index in [-0.39, 0.29) is 11.2 Å². The molecular weight excluding hydrogens is 164 g/mol. The van der Waals surface area contributed by atoms with Crippen LogP contribution in [0.25, 0.3) is 0 Å². The summed E-state index contributed by atoms with van der Waals surface area (Å²) in [5, 5.41) is 9.63. The van der Waals surface area contributed by atoms with Crippen LogP contribution in [0.3, 0.4) is 0 Å². The molecule has 0 amide bonds. The Kier molecular flexibility index (Phi) is 5.23. The number of hydrogen-bond donors (Lipinski definition) is 1. The molecule has 0 fully saturated rings. The molecule has 1 atom stereocenters. The van der Waals surface area contributed by atoms with Crippen molar-refractivity contribution in [1.82, 2.24) is 0 Å². The van der Waals surface area contributed by atoms with Crippen LogP contribution in [0.15, 0.2) is 0 Å². The number of unbranched alkanes of at least 4 members (excludes halogenated alkanes) is 1. The van der Waals surface area contributed by atoms with Gasteiger partial charge in [0.25, 0.3) is 0 Å². The molecule has 1 N–H and O–H groups in total. The monoisotopic (exact) mass is 186 g/mol. The van der Waals surface area contributed by atoms with Crippen LogP contribution < -0.4 is 0 Å². The van der Waals surface area contributed by atoms with Gasteiger partial charge < -0.3 is 5.11 Å². The first-order chi connectivity index (χ1) is 5.88. The topological polar surface area (TPSA) is 37.3 Å². The number of carbonyl (C=O) groups excluding carboxylic acids is 1. The summed E-state index contributed by atoms with van der Waals surface area (Å²) in [5.74, 6) is 0.185. The van der Waals surface area contributed by atoms with E-state index in [4.69, 9.17) is 0 Å². The molecule has 0 aromatic heterocycles. The van der Waals surface area contributed by atoms with Gasteiger partial charge >= 0.3 is 0 Å². The van der Waals surface area contributed by atoms with Gasteiger partial charge in [-0.05, 0) is 11.8 Å². The van der Waals surface area contributed by atoms with Crippen molar-refractivity contribution >= 4 is 5.78 Å². The van der Waals surface area contributed by atoms with Gasteiger partial charge in [-0.2, -0.15) is 0 Å². The third kappa shape index (κ3) is 5.81. The van der Waals surface area contributed by atoms with E-state index >= 15 is 0 Å². The van der Waals surface area contributed by atoms with Crippen LogP contribution in [0.4, 0.5) is 0 Å². The number of hydrogen-bond acceptors (Lipinski definition) is 2. The maximum atomic E-state index is 11.3. The molecule has 0 aliphatic carbocycles. The van der Waals surface area contributed by atoms with Gasteiger partial charge in [0.1, 0.15) is 5.78 Å². The Balaban J connectivity index is 3.79. The van der Waals surface area contributed by atoms with Crippen molar-refractivity contribution in [3.05, 3.63) is 0 Å². The first-order valence-corrected chi connectivity index (χ1v) is 5.07. The highest BCUT2D eigenvalue weighted by molar-refractivity contribution is 5.78. The zero-order chi connectivity index (χ0) is 10.5. The summed E-state index contributed by atoms with van der Waals surface area (Å²) in [6.45, 7) is 7.91. The molecule has 2 nitrogen and oxygen atoms in total. The van der Waals surface area contributed by atoms with Crippen LogP contribution in [-0.4, -0.2) is 17.0 Å². The van der Waals surface area contributed by atoms with E-state index in [1.54, 1.807) is 0 Å². The average Bonchev–Trinajstić information content (AvgIpc) is 1.99. The molecule has 2 heteroatoms. The van der Waals surface area contributed by atoms with E-state index in [2.05, 4.69) is 6.92 Å². The number of rotatable bonds is 5. The summed E-state index contributed by atoms with van der Waals surface area (Å²) in [7, 11) is 0. The molecule has 0 aromatic rings. The highest BCUT2D eigenvalue weighted by Gasteiger charge is 2.23. The Morgan fingerprint density at radius 1 is 1.38 bits per heavy atom. The fourth-order valence-electron chi connectivity index (χ4n) is 0.998. The molecule has 0 aromatic carbocycles. The van der Waals surface area contributed by atoms with E-state index in [9.17, 15) is 9.90 Å².